The SMILES string of the molecule is COc1ccc(-c2cc(C3CN4CCC3CC4CNC(=O)CCC(=O)O)n(C)n2)cc1OC. The maximum atomic E-state index is 11.9. The van der Waals surface area contributed by atoms with Crippen LogP contribution in [0.1, 0.15) is 37.3 Å². The summed E-state index contributed by atoms with van der Waals surface area (Å²) < 4.78 is 12.8. The van der Waals surface area contributed by atoms with Gasteiger partial charge in [0.05, 0.1) is 26.3 Å². The number of carbonyl (C=O) groups is 2. The summed E-state index contributed by atoms with van der Waals surface area (Å²) in [6.07, 6.45) is 2.04. The highest BCUT2D eigenvalue weighted by Crippen LogP contribution is 2.42. The van der Waals surface area contributed by atoms with Crippen LogP contribution in [0.3, 0.4) is 0 Å². The Labute approximate surface area is 193 Å². The van der Waals surface area contributed by atoms with Crippen LogP contribution < -0.4 is 14.8 Å². The summed E-state index contributed by atoms with van der Waals surface area (Å²) >= 11 is 0. The lowest BCUT2D eigenvalue weighted by atomic mass is 9.74. The monoisotopic (exact) mass is 456 g/mol. The van der Waals surface area contributed by atoms with Crippen LogP contribution >= 0.6 is 0 Å². The molecular weight excluding hydrogens is 424 g/mol. The maximum Gasteiger partial charge on any atom is 0.303 e. The maximum absolute atomic E-state index is 11.9. The number of hydrogen-bond acceptors (Lipinski definition) is 6. The van der Waals surface area contributed by atoms with E-state index >= 15 is 0 Å². The van der Waals surface area contributed by atoms with Crippen molar-refractivity contribution in [3.8, 4) is 22.8 Å². The van der Waals surface area contributed by atoms with E-state index in [0.717, 1.165) is 37.2 Å². The van der Waals surface area contributed by atoms with Crippen molar-refractivity contribution in [3.63, 3.8) is 0 Å². The third-order valence-corrected chi connectivity index (χ3v) is 6.95. The smallest absolute Gasteiger partial charge is 0.303 e. The molecule has 3 aliphatic rings. The first-order valence-electron chi connectivity index (χ1n) is 11.4. The van der Waals surface area contributed by atoms with Crippen LogP contribution in [0.15, 0.2) is 24.3 Å². The van der Waals surface area contributed by atoms with Gasteiger partial charge in [-0.05, 0) is 49.6 Å². The van der Waals surface area contributed by atoms with E-state index in [4.69, 9.17) is 19.7 Å². The summed E-state index contributed by atoms with van der Waals surface area (Å²) in [4.78, 5) is 25.0. The molecule has 178 valence electrons. The average molecular weight is 457 g/mol. The van der Waals surface area contributed by atoms with Gasteiger partial charge in [0, 0.05) is 49.8 Å². The molecule has 2 bridgehead atoms. The minimum atomic E-state index is -0.947. The topological polar surface area (TPSA) is 106 Å². The number of nitrogens with one attached hydrogen (secondary N) is 1. The molecule has 0 aliphatic carbocycles. The summed E-state index contributed by atoms with van der Waals surface area (Å²) in [5.41, 5.74) is 3.11. The fourth-order valence-corrected chi connectivity index (χ4v) is 5.19. The van der Waals surface area contributed by atoms with Crippen molar-refractivity contribution in [3.05, 3.63) is 30.0 Å². The predicted molar refractivity (Wildman–Crippen MR) is 122 cm³/mol. The highest BCUT2D eigenvalue weighted by atomic mass is 16.5. The first kappa shape index (κ1) is 23.1. The highest BCUT2D eigenvalue weighted by Gasteiger charge is 2.41. The molecule has 9 nitrogen and oxygen atoms in total. The van der Waals surface area contributed by atoms with Crippen LogP contribution in [0, 0.1) is 5.92 Å². The Morgan fingerprint density at radius 1 is 1.18 bits per heavy atom. The van der Waals surface area contributed by atoms with Crippen molar-refractivity contribution >= 4 is 11.9 Å². The molecule has 5 rings (SSSR count). The molecule has 3 saturated heterocycles. The molecule has 9 heteroatoms. The number of aromatic nitrogens is 2. The van der Waals surface area contributed by atoms with E-state index in [0.29, 0.717) is 35.9 Å². The Morgan fingerprint density at radius 3 is 2.64 bits per heavy atom. The Bertz CT molecular complexity index is 1020. The number of benzene rings is 1. The number of carboxylic acids is 1. The number of fused-ring (bicyclic) bond motifs is 3. The van der Waals surface area contributed by atoms with Gasteiger partial charge in [-0.15, -0.1) is 0 Å². The molecule has 2 N–H and O–H groups in total. The number of amides is 1. The predicted octanol–water partition coefficient (Wildman–Crippen LogP) is 2.26. The molecule has 0 saturated carbocycles. The Hall–Kier alpha value is -3.07. The lowest BCUT2D eigenvalue weighted by Gasteiger charge is -2.50. The van der Waals surface area contributed by atoms with Gasteiger partial charge in [-0.1, -0.05) is 0 Å². The second kappa shape index (κ2) is 9.82. The molecule has 3 aliphatic heterocycles. The molecule has 1 aromatic carbocycles. The van der Waals surface area contributed by atoms with Gasteiger partial charge in [0.2, 0.25) is 5.91 Å². The summed E-state index contributed by atoms with van der Waals surface area (Å²) in [6.45, 7) is 2.53. The quantitative estimate of drug-likeness (QED) is 0.596. The van der Waals surface area contributed by atoms with E-state index in [1.54, 1.807) is 14.2 Å². The minimum Gasteiger partial charge on any atom is -0.493 e. The van der Waals surface area contributed by atoms with Gasteiger partial charge in [-0.25, -0.2) is 0 Å². The van der Waals surface area contributed by atoms with E-state index in [1.165, 1.54) is 5.69 Å². The molecule has 2 aromatic rings. The molecule has 33 heavy (non-hydrogen) atoms. The number of piperidine rings is 3. The fraction of sp³-hybridized carbons (Fsp3) is 0.542. The van der Waals surface area contributed by atoms with Crippen molar-refractivity contribution in [1.29, 1.82) is 0 Å². The van der Waals surface area contributed by atoms with Gasteiger partial charge in [0.15, 0.2) is 11.5 Å². The molecule has 1 aromatic heterocycles. The third kappa shape index (κ3) is 4.98. The average Bonchev–Trinajstić information content (AvgIpc) is 3.22. The first-order chi connectivity index (χ1) is 15.9. The first-order valence-corrected chi connectivity index (χ1v) is 11.4. The Kier molecular flexibility index (Phi) is 6.88. The van der Waals surface area contributed by atoms with Gasteiger partial charge < -0.3 is 19.9 Å². The van der Waals surface area contributed by atoms with E-state index in [1.807, 2.05) is 29.9 Å². The number of nitrogens with zero attached hydrogens (tertiary/aromatic N) is 3. The van der Waals surface area contributed by atoms with Crippen molar-refractivity contribution in [1.82, 2.24) is 20.0 Å². The number of aryl methyl sites for hydroxylation is 1. The fourth-order valence-electron chi connectivity index (χ4n) is 5.19. The summed E-state index contributed by atoms with van der Waals surface area (Å²) in [5.74, 6) is 1.16. The number of hydrogen-bond donors (Lipinski definition) is 2. The van der Waals surface area contributed by atoms with Gasteiger partial charge in [-0.2, -0.15) is 5.10 Å². The zero-order valence-corrected chi connectivity index (χ0v) is 19.4. The molecular formula is C24H32N4O5. The van der Waals surface area contributed by atoms with Crippen molar-refractivity contribution in [2.75, 3.05) is 33.9 Å². The van der Waals surface area contributed by atoms with Crippen LogP contribution in [-0.2, 0) is 16.6 Å². The van der Waals surface area contributed by atoms with Crippen LogP contribution in [0.4, 0.5) is 0 Å². The molecule has 4 atom stereocenters. The number of methoxy groups -OCH3 is 2. The Balaban J connectivity index is 1.43. The van der Waals surface area contributed by atoms with Crippen molar-refractivity contribution in [2.24, 2.45) is 13.0 Å². The van der Waals surface area contributed by atoms with Crippen LogP contribution in [0.2, 0.25) is 0 Å². The molecule has 4 heterocycles. The van der Waals surface area contributed by atoms with E-state index in [9.17, 15) is 9.59 Å². The third-order valence-electron chi connectivity index (χ3n) is 6.95. The van der Waals surface area contributed by atoms with E-state index < -0.39 is 5.97 Å². The largest absolute Gasteiger partial charge is 0.493 e. The highest BCUT2D eigenvalue weighted by molar-refractivity contribution is 5.80. The number of carboxylic acid groups (broad SMARTS) is 1. The van der Waals surface area contributed by atoms with Gasteiger partial charge in [-0.3, -0.25) is 19.2 Å². The standard InChI is InChI=1S/C24H32N4O5/c1-27-20(12-19(26-27)16-4-5-21(32-2)22(11-16)33-3)18-14-28-9-8-15(18)10-17(28)13-25-23(29)6-7-24(30)31/h4-5,11-12,15,17-18H,6-10,13-14H2,1-3H3,(H,25,29)(H,30,31). The minimum absolute atomic E-state index is 0.0298. The number of aliphatic carboxylic acids is 1. The molecule has 4 unspecified atom stereocenters. The molecule has 3 fully saturated rings. The van der Waals surface area contributed by atoms with Gasteiger partial charge in [0.1, 0.15) is 0 Å². The van der Waals surface area contributed by atoms with Crippen molar-refractivity contribution < 1.29 is 24.2 Å². The molecule has 0 radical (unpaired) electrons. The summed E-state index contributed by atoms with van der Waals surface area (Å²) in [6, 6.07) is 8.31. The zero-order chi connectivity index (χ0) is 23.5. The van der Waals surface area contributed by atoms with Crippen LogP contribution in [0.25, 0.3) is 11.3 Å². The number of rotatable bonds is 9. The lowest BCUT2D eigenvalue weighted by Crippen LogP contribution is -2.56. The van der Waals surface area contributed by atoms with Crippen LogP contribution in [-0.4, -0.2) is 71.6 Å². The zero-order valence-electron chi connectivity index (χ0n) is 19.4. The van der Waals surface area contributed by atoms with Gasteiger partial charge >= 0.3 is 5.97 Å². The van der Waals surface area contributed by atoms with E-state index in [-0.39, 0.29) is 18.7 Å². The summed E-state index contributed by atoms with van der Waals surface area (Å²) in [7, 11) is 5.25. The summed E-state index contributed by atoms with van der Waals surface area (Å²) in [5, 5.41) is 16.4. The normalized spacial score (nSPS) is 23.8. The number of carbonyl (C=O) groups excluding carboxylic acids is 1. The Morgan fingerprint density at radius 2 is 1.97 bits per heavy atom. The van der Waals surface area contributed by atoms with Crippen LogP contribution in [0.5, 0.6) is 11.5 Å². The van der Waals surface area contributed by atoms with Crippen molar-refractivity contribution in [2.45, 2.75) is 37.6 Å². The van der Waals surface area contributed by atoms with Gasteiger partial charge in [0.25, 0.3) is 0 Å². The lowest BCUT2D eigenvalue weighted by molar-refractivity contribution is -0.138. The molecule has 1 amide bonds. The second-order valence-electron chi connectivity index (χ2n) is 8.89. The van der Waals surface area contributed by atoms with E-state index in [2.05, 4.69) is 16.3 Å². The second-order valence-corrected chi connectivity index (χ2v) is 8.89. The number of ether oxygens (including phenoxy) is 2. The molecule has 0 spiro atoms.